The first kappa shape index (κ1) is 24.5. The van der Waals surface area contributed by atoms with Crippen molar-refractivity contribution in [3.05, 3.63) is 152 Å². The van der Waals surface area contributed by atoms with Crippen LogP contribution in [0.4, 0.5) is 0 Å². The molecule has 5 heteroatoms. The third-order valence-corrected chi connectivity index (χ3v) is 8.37. The van der Waals surface area contributed by atoms with Gasteiger partial charge in [-0.25, -0.2) is 15.0 Å². The Kier molecular flexibility index (Phi) is 5.43. The van der Waals surface area contributed by atoms with Crippen molar-refractivity contribution in [3.8, 4) is 39.5 Å². The minimum atomic E-state index is 0.871. The molecule has 5 aromatic carbocycles. The molecule has 5 nitrogen and oxygen atoms in total. The molecule has 0 N–H and O–H groups in total. The van der Waals surface area contributed by atoms with Gasteiger partial charge in [0.15, 0.2) is 5.65 Å². The van der Waals surface area contributed by atoms with Gasteiger partial charge in [-0.2, -0.15) is 0 Å². The maximum atomic E-state index is 5.15. The van der Waals surface area contributed by atoms with Gasteiger partial charge in [0, 0.05) is 33.8 Å². The highest BCUT2D eigenvalue weighted by atomic mass is 15.1. The molecule has 0 saturated carbocycles. The number of para-hydroxylation sites is 3. The van der Waals surface area contributed by atoms with E-state index < -0.39 is 0 Å². The predicted octanol–water partition coefficient (Wildman–Crippen LogP) is 9.38. The minimum absolute atomic E-state index is 0.871. The molecule has 206 valence electrons. The van der Waals surface area contributed by atoms with Crippen LogP contribution in [0.15, 0.2) is 152 Å². The summed E-state index contributed by atoms with van der Waals surface area (Å²) in [5.41, 5.74) is 11.3. The van der Waals surface area contributed by atoms with Crippen molar-refractivity contribution in [3.63, 3.8) is 0 Å². The standard InChI is InChI=1S/C39H25N5/c1-2-10-30(11-3-1)44-34-15-7-6-14-33(34)40-38(44)29-23-19-27(20-24-29)26-17-21-28(22-18-26)36-31-12-4-5-13-32(31)37-39(42-36)43-25-9-8-16-35(43)41-37/h1-25H. The molecule has 44 heavy (non-hydrogen) atoms. The lowest BCUT2D eigenvalue weighted by molar-refractivity contribution is 1.10. The monoisotopic (exact) mass is 563 g/mol. The largest absolute Gasteiger partial charge is 0.292 e. The third-order valence-electron chi connectivity index (χ3n) is 8.37. The molecule has 0 radical (unpaired) electrons. The Balaban J connectivity index is 1.10. The van der Waals surface area contributed by atoms with Crippen molar-refractivity contribution < 1.29 is 0 Å². The van der Waals surface area contributed by atoms with Gasteiger partial charge in [0.2, 0.25) is 0 Å². The highest BCUT2D eigenvalue weighted by Gasteiger charge is 2.16. The van der Waals surface area contributed by atoms with Crippen molar-refractivity contribution >= 4 is 38.6 Å². The minimum Gasteiger partial charge on any atom is -0.292 e. The Hall–Kier alpha value is -6.07. The molecule has 4 heterocycles. The second kappa shape index (κ2) is 9.75. The molecule has 0 fully saturated rings. The lowest BCUT2D eigenvalue weighted by Gasteiger charge is -2.11. The Morgan fingerprint density at radius 1 is 0.455 bits per heavy atom. The second-order valence-corrected chi connectivity index (χ2v) is 11.0. The van der Waals surface area contributed by atoms with Crippen molar-refractivity contribution in [2.75, 3.05) is 0 Å². The molecule has 0 unspecified atom stereocenters. The third kappa shape index (κ3) is 3.83. The van der Waals surface area contributed by atoms with E-state index in [1.807, 2.05) is 36.5 Å². The number of rotatable bonds is 4. The van der Waals surface area contributed by atoms with E-state index in [-0.39, 0.29) is 0 Å². The molecular formula is C39H25N5. The fraction of sp³-hybridized carbons (Fsp3) is 0. The highest BCUT2D eigenvalue weighted by Crippen LogP contribution is 2.34. The molecule has 9 rings (SSSR count). The molecule has 0 spiro atoms. The molecule has 0 bridgehead atoms. The van der Waals surface area contributed by atoms with E-state index in [1.54, 1.807) is 0 Å². The number of aromatic nitrogens is 5. The van der Waals surface area contributed by atoms with E-state index in [1.165, 1.54) is 0 Å². The summed E-state index contributed by atoms with van der Waals surface area (Å²) in [7, 11) is 0. The normalized spacial score (nSPS) is 11.6. The van der Waals surface area contributed by atoms with E-state index in [0.717, 1.165) is 78.1 Å². The molecule has 0 aliphatic heterocycles. The maximum Gasteiger partial charge on any atom is 0.165 e. The van der Waals surface area contributed by atoms with Gasteiger partial charge in [0.05, 0.1) is 16.7 Å². The van der Waals surface area contributed by atoms with E-state index in [4.69, 9.17) is 15.0 Å². The fourth-order valence-corrected chi connectivity index (χ4v) is 6.24. The van der Waals surface area contributed by atoms with Gasteiger partial charge in [-0.15, -0.1) is 0 Å². The molecule has 0 saturated heterocycles. The first-order valence-electron chi connectivity index (χ1n) is 14.7. The molecule has 0 aliphatic carbocycles. The summed E-state index contributed by atoms with van der Waals surface area (Å²) >= 11 is 0. The molecule has 0 amide bonds. The summed E-state index contributed by atoms with van der Waals surface area (Å²) in [6.45, 7) is 0. The zero-order valence-electron chi connectivity index (χ0n) is 23.7. The maximum absolute atomic E-state index is 5.15. The van der Waals surface area contributed by atoms with Gasteiger partial charge in [-0.05, 0) is 47.5 Å². The summed E-state index contributed by atoms with van der Waals surface area (Å²) in [5, 5.41) is 2.21. The van der Waals surface area contributed by atoms with E-state index in [2.05, 4.69) is 124 Å². The summed E-state index contributed by atoms with van der Waals surface area (Å²) in [6.07, 6.45) is 2.03. The lowest BCUT2D eigenvalue weighted by atomic mass is 9.99. The van der Waals surface area contributed by atoms with Gasteiger partial charge < -0.3 is 0 Å². The Morgan fingerprint density at radius 2 is 1.09 bits per heavy atom. The highest BCUT2D eigenvalue weighted by molar-refractivity contribution is 6.09. The molecular weight excluding hydrogens is 538 g/mol. The van der Waals surface area contributed by atoms with Gasteiger partial charge in [0.1, 0.15) is 17.0 Å². The fourth-order valence-electron chi connectivity index (χ4n) is 6.24. The Labute approximate surface area is 253 Å². The second-order valence-electron chi connectivity index (χ2n) is 11.0. The van der Waals surface area contributed by atoms with Crippen LogP contribution in [0.2, 0.25) is 0 Å². The van der Waals surface area contributed by atoms with Gasteiger partial charge >= 0.3 is 0 Å². The average Bonchev–Trinajstić information content (AvgIpc) is 3.68. The number of nitrogens with zero attached hydrogens (tertiary/aromatic N) is 5. The van der Waals surface area contributed by atoms with Crippen molar-refractivity contribution in [1.82, 2.24) is 23.9 Å². The molecule has 9 aromatic rings. The number of pyridine rings is 2. The Morgan fingerprint density at radius 3 is 1.89 bits per heavy atom. The number of hydrogen-bond acceptors (Lipinski definition) is 3. The molecule has 0 atom stereocenters. The summed E-state index contributed by atoms with van der Waals surface area (Å²) in [5.74, 6) is 0.931. The van der Waals surface area contributed by atoms with Crippen LogP contribution < -0.4 is 0 Å². The van der Waals surface area contributed by atoms with E-state index >= 15 is 0 Å². The SMILES string of the molecule is c1ccc(-n2c(-c3ccc(-c4ccc(-c5nc6c(nc7ccccn76)c6ccccc56)cc4)cc3)nc3ccccc32)cc1. The van der Waals surface area contributed by atoms with E-state index in [9.17, 15) is 0 Å². The van der Waals surface area contributed by atoms with Crippen molar-refractivity contribution in [1.29, 1.82) is 0 Å². The topological polar surface area (TPSA) is 48.0 Å². The van der Waals surface area contributed by atoms with Gasteiger partial charge in [0.25, 0.3) is 0 Å². The van der Waals surface area contributed by atoms with Crippen LogP contribution in [0.25, 0.3) is 78.1 Å². The predicted molar refractivity (Wildman–Crippen MR) is 179 cm³/mol. The lowest BCUT2D eigenvalue weighted by Crippen LogP contribution is -1.97. The number of hydrogen-bond donors (Lipinski definition) is 0. The first-order valence-corrected chi connectivity index (χ1v) is 14.7. The van der Waals surface area contributed by atoms with Crippen molar-refractivity contribution in [2.24, 2.45) is 0 Å². The number of benzene rings is 5. The number of imidazole rings is 2. The van der Waals surface area contributed by atoms with Gasteiger partial charge in [-0.3, -0.25) is 8.97 Å². The van der Waals surface area contributed by atoms with E-state index in [0.29, 0.717) is 0 Å². The summed E-state index contributed by atoms with van der Waals surface area (Å²) < 4.78 is 4.30. The summed E-state index contributed by atoms with van der Waals surface area (Å²) in [4.78, 5) is 15.1. The Bertz CT molecular complexity index is 2470. The summed E-state index contributed by atoms with van der Waals surface area (Å²) in [6, 6.07) is 50.5. The zero-order chi connectivity index (χ0) is 29.0. The van der Waals surface area contributed by atoms with Crippen LogP contribution >= 0.6 is 0 Å². The number of fused-ring (bicyclic) bond motifs is 6. The van der Waals surface area contributed by atoms with Crippen LogP contribution in [0, 0.1) is 0 Å². The smallest absolute Gasteiger partial charge is 0.165 e. The quantitative estimate of drug-likeness (QED) is 0.214. The van der Waals surface area contributed by atoms with Crippen LogP contribution in [0.5, 0.6) is 0 Å². The van der Waals surface area contributed by atoms with Gasteiger partial charge in [-0.1, -0.05) is 109 Å². The van der Waals surface area contributed by atoms with Crippen LogP contribution in [0.3, 0.4) is 0 Å². The first-order chi connectivity index (χ1) is 21.8. The zero-order valence-corrected chi connectivity index (χ0v) is 23.7. The molecule has 4 aromatic heterocycles. The van der Waals surface area contributed by atoms with Crippen LogP contribution in [0.1, 0.15) is 0 Å². The van der Waals surface area contributed by atoms with Crippen LogP contribution in [-0.4, -0.2) is 23.9 Å². The van der Waals surface area contributed by atoms with Crippen LogP contribution in [-0.2, 0) is 0 Å². The average molecular weight is 564 g/mol. The van der Waals surface area contributed by atoms with Crippen molar-refractivity contribution in [2.45, 2.75) is 0 Å². The molecule has 0 aliphatic rings.